The summed E-state index contributed by atoms with van der Waals surface area (Å²) >= 11 is 0. The van der Waals surface area contributed by atoms with Gasteiger partial charge >= 0.3 is 0 Å². The van der Waals surface area contributed by atoms with E-state index in [0.29, 0.717) is 0 Å². The zero-order valence-electron chi connectivity index (χ0n) is 6.60. The Labute approximate surface area is 62.8 Å². The molecule has 0 aromatic carbocycles. The van der Waals surface area contributed by atoms with Gasteiger partial charge in [-0.3, -0.25) is 0 Å². The van der Waals surface area contributed by atoms with Crippen molar-refractivity contribution in [3.63, 3.8) is 0 Å². The van der Waals surface area contributed by atoms with Crippen LogP contribution in [0, 0.1) is 5.41 Å². The van der Waals surface area contributed by atoms with E-state index in [-0.39, 0.29) is 0 Å². The Balaban J connectivity index is 2.09. The fraction of sp³-hybridized carbons (Fsp3) is 0.889. The lowest BCUT2D eigenvalue weighted by Crippen LogP contribution is -2.17. The lowest BCUT2D eigenvalue weighted by atomic mass is 9.86. The summed E-state index contributed by atoms with van der Waals surface area (Å²) in [5.41, 5.74) is 0.724. The number of hydrogen-bond donors (Lipinski definition) is 0. The number of hydrogen-bond acceptors (Lipinski definition) is 0. The second kappa shape index (κ2) is 2.08. The maximum atomic E-state index is 3.99. The first kappa shape index (κ1) is 6.38. The van der Waals surface area contributed by atoms with Crippen LogP contribution in [0.25, 0.3) is 0 Å². The van der Waals surface area contributed by atoms with Gasteiger partial charge in [-0.15, -0.1) is 0 Å². The minimum atomic E-state index is 0.724. The maximum absolute atomic E-state index is 3.99. The Hall–Kier alpha value is -0.330. The van der Waals surface area contributed by atoms with Gasteiger partial charge in [0.2, 0.25) is 0 Å². The summed E-state index contributed by atoms with van der Waals surface area (Å²) < 4.78 is 2.24. The van der Waals surface area contributed by atoms with E-state index < -0.39 is 0 Å². The van der Waals surface area contributed by atoms with E-state index in [4.69, 9.17) is 0 Å². The van der Waals surface area contributed by atoms with Crippen molar-refractivity contribution in [2.24, 2.45) is 5.41 Å². The van der Waals surface area contributed by atoms with Crippen LogP contribution in [-0.2, 0) is 0 Å². The predicted octanol–water partition coefficient (Wildman–Crippen LogP) is 1.66. The Kier molecular flexibility index (Phi) is 1.33. The molecule has 1 heteroatoms. The molecule has 2 aliphatic rings. The second-order valence-corrected chi connectivity index (χ2v) is 4.01. The van der Waals surface area contributed by atoms with Crippen LogP contribution in [-0.4, -0.2) is 24.4 Å². The number of rotatable bonds is 0. The molecule has 1 saturated heterocycles. The molecule has 1 saturated carbocycles. The van der Waals surface area contributed by atoms with E-state index in [1.807, 2.05) is 0 Å². The molecule has 1 aliphatic carbocycles. The van der Waals surface area contributed by atoms with Crippen molar-refractivity contribution in [3.8, 4) is 0 Å². The fourth-order valence-corrected chi connectivity index (χ4v) is 2.56. The Bertz CT molecular complexity index is 154. The van der Waals surface area contributed by atoms with E-state index in [1.165, 1.54) is 45.2 Å². The summed E-state index contributed by atoms with van der Waals surface area (Å²) in [5, 5.41) is 0. The molecule has 1 heterocycles. The molecule has 0 bridgehead atoms. The van der Waals surface area contributed by atoms with Crippen LogP contribution in [0.2, 0.25) is 0 Å². The van der Waals surface area contributed by atoms with Gasteiger partial charge in [0.15, 0.2) is 0 Å². The smallest absolute Gasteiger partial charge is 0.148 e. The standard InChI is InChI=1S/C9H16N/c1-10-7-6-9(8-10)4-2-3-5-9/h1-8H2/q+1. The Morgan fingerprint density at radius 3 is 2.30 bits per heavy atom. The van der Waals surface area contributed by atoms with E-state index in [2.05, 4.69) is 11.3 Å². The highest BCUT2D eigenvalue weighted by Crippen LogP contribution is 2.43. The van der Waals surface area contributed by atoms with Gasteiger partial charge in [0.25, 0.3) is 0 Å². The third-order valence-electron chi connectivity index (χ3n) is 3.18. The maximum Gasteiger partial charge on any atom is 0.148 e. The van der Waals surface area contributed by atoms with Crippen LogP contribution in [0.15, 0.2) is 0 Å². The molecule has 0 radical (unpaired) electrons. The SMILES string of the molecule is C=[N+]1CCC2(CCCC2)C1. The minimum absolute atomic E-state index is 0.724. The first-order valence-corrected chi connectivity index (χ1v) is 4.36. The average Bonchev–Trinajstić information content (AvgIpc) is 2.46. The molecule has 2 fully saturated rings. The van der Waals surface area contributed by atoms with Gasteiger partial charge in [0.05, 0.1) is 0 Å². The molecule has 1 spiro atoms. The van der Waals surface area contributed by atoms with Gasteiger partial charge in [-0.2, -0.15) is 0 Å². The molecule has 56 valence electrons. The summed E-state index contributed by atoms with van der Waals surface area (Å²) in [7, 11) is 0. The summed E-state index contributed by atoms with van der Waals surface area (Å²) in [6, 6.07) is 0. The van der Waals surface area contributed by atoms with Crippen molar-refractivity contribution in [1.29, 1.82) is 0 Å². The van der Waals surface area contributed by atoms with Gasteiger partial charge in [-0.25, -0.2) is 4.58 Å². The van der Waals surface area contributed by atoms with Crippen molar-refractivity contribution < 1.29 is 4.58 Å². The van der Waals surface area contributed by atoms with Crippen LogP contribution >= 0.6 is 0 Å². The van der Waals surface area contributed by atoms with Crippen molar-refractivity contribution in [1.82, 2.24) is 0 Å². The number of nitrogens with zero attached hydrogens (tertiary/aromatic N) is 1. The first-order valence-electron chi connectivity index (χ1n) is 4.36. The van der Waals surface area contributed by atoms with E-state index in [9.17, 15) is 0 Å². The molecule has 2 rings (SSSR count). The van der Waals surface area contributed by atoms with Crippen LogP contribution in [0.4, 0.5) is 0 Å². The molecular weight excluding hydrogens is 122 g/mol. The van der Waals surface area contributed by atoms with E-state index in [1.54, 1.807) is 0 Å². The molecular formula is C9H16N+. The lowest BCUT2D eigenvalue weighted by Gasteiger charge is -2.15. The van der Waals surface area contributed by atoms with Crippen LogP contribution < -0.4 is 0 Å². The molecule has 0 atom stereocenters. The Morgan fingerprint density at radius 2 is 1.80 bits per heavy atom. The zero-order valence-corrected chi connectivity index (χ0v) is 6.60. The van der Waals surface area contributed by atoms with Crippen molar-refractivity contribution in [2.75, 3.05) is 13.1 Å². The Morgan fingerprint density at radius 1 is 1.10 bits per heavy atom. The monoisotopic (exact) mass is 138 g/mol. The molecule has 0 aromatic heterocycles. The summed E-state index contributed by atoms with van der Waals surface area (Å²) in [6.07, 6.45) is 7.29. The molecule has 0 aromatic rings. The highest BCUT2D eigenvalue weighted by Gasteiger charge is 2.42. The van der Waals surface area contributed by atoms with Crippen molar-refractivity contribution in [2.45, 2.75) is 32.1 Å². The molecule has 1 nitrogen and oxygen atoms in total. The minimum Gasteiger partial charge on any atom is -0.242 e. The van der Waals surface area contributed by atoms with Gasteiger partial charge in [0.1, 0.15) is 19.8 Å². The zero-order chi connectivity index (χ0) is 7.03. The molecule has 0 amide bonds. The van der Waals surface area contributed by atoms with Crippen molar-refractivity contribution >= 4 is 6.72 Å². The van der Waals surface area contributed by atoms with Gasteiger partial charge in [-0.1, -0.05) is 12.8 Å². The molecule has 0 unspecified atom stereocenters. The molecule has 1 aliphatic heterocycles. The highest BCUT2D eigenvalue weighted by molar-refractivity contribution is 5.15. The van der Waals surface area contributed by atoms with Crippen LogP contribution in [0.1, 0.15) is 32.1 Å². The third kappa shape index (κ3) is 0.882. The largest absolute Gasteiger partial charge is 0.242 e. The van der Waals surface area contributed by atoms with Crippen LogP contribution in [0.5, 0.6) is 0 Å². The molecule has 0 N–H and O–H groups in total. The van der Waals surface area contributed by atoms with Crippen molar-refractivity contribution in [3.05, 3.63) is 0 Å². The van der Waals surface area contributed by atoms with Gasteiger partial charge in [-0.05, 0) is 12.8 Å². The highest BCUT2D eigenvalue weighted by atomic mass is 15.0. The molecule has 10 heavy (non-hydrogen) atoms. The third-order valence-corrected chi connectivity index (χ3v) is 3.18. The summed E-state index contributed by atoms with van der Waals surface area (Å²) in [4.78, 5) is 0. The average molecular weight is 138 g/mol. The van der Waals surface area contributed by atoms with E-state index >= 15 is 0 Å². The lowest BCUT2D eigenvalue weighted by molar-refractivity contribution is -0.503. The van der Waals surface area contributed by atoms with Gasteiger partial charge in [0, 0.05) is 11.8 Å². The normalized spacial score (nSPS) is 30.2. The topological polar surface area (TPSA) is 3.01 Å². The first-order chi connectivity index (χ1) is 4.81. The van der Waals surface area contributed by atoms with E-state index in [0.717, 1.165) is 5.41 Å². The fourth-order valence-electron chi connectivity index (χ4n) is 2.56. The predicted molar refractivity (Wildman–Crippen MR) is 42.6 cm³/mol. The van der Waals surface area contributed by atoms with Crippen LogP contribution in [0.3, 0.4) is 0 Å². The summed E-state index contributed by atoms with van der Waals surface area (Å²) in [5.74, 6) is 0. The second-order valence-electron chi connectivity index (χ2n) is 4.01. The van der Waals surface area contributed by atoms with Gasteiger partial charge < -0.3 is 0 Å². The summed E-state index contributed by atoms with van der Waals surface area (Å²) in [6.45, 7) is 6.50. The quantitative estimate of drug-likeness (QED) is 0.448.